The highest BCUT2D eigenvalue weighted by Gasteiger charge is 2.19. The molecule has 16 heavy (non-hydrogen) atoms. The van der Waals surface area contributed by atoms with Gasteiger partial charge in [0, 0.05) is 18.4 Å². The van der Waals surface area contributed by atoms with Crippen molar-refractivity contribution in [2.75, 3.05) is 26.7 Å². The number of hydrogen-bond donors (Lipinski definition) is 2. The highest BCUT2D eigenvalue weighted by molar-refractivity contribution is 5.16. The van der Waals surface area contributed by atoms with E-state index in [9.17, 15) is 0 Å². The summed E-state index contributed by atoms with van der Waals surface area (Å²) in [6.45, 7) is 4.13. The zero-order chi connectivity index (χ0) is 11.2. The first-order chi connectivity index (χ1) is 7.90. The van der Waals surface area contributed by atoms with Gasteiger partial charge in [0.05, 0.1) is 33.1 Å². The van der Waals surface area contributed by atoms with Crippen molar-refractivity contribution in [3.8, 4) is 0 Å². The predicted molar refractivity (Wildman–Crippen MR) is 66.4 cm³/mol. The number of benzene rings is 1. The molecule has 2 rings (SSSR count). The fraction of sp³-hybridized carbons (Fsp3) is 0.571. The van der Waals surface area contributed by atoms with Crippen molar-refractivity contribution in [3.63, 3.8) is 0 Å². The van der Waals surface area contributed by atoms with Crippen molar-refractivity contribution < 1.29 is 10.2 Å². The van der Waals surface area contributed by atoms with Crippen molar-refractivity contribution >= 4 is 0 Å². The molecule has 1 aliphatic heterocycles. The van der Waals surface area contributed by atoms with Gasteiger partial charge in [0.15, 0.2) is 0 Å². The van der Waals surface area contributed by atoms with E-state index in [-0.39, 0.29) is 0 Å². The average Bonchev–Trinajstić information content (AvgIpc) is 2.84. The summed E-state index contributed by atoms with van der Waals surface area (Å²) in [6, 6.07) is 11.5. The van der Waals surface area contributed by atoms with Crippen LogP contribution in [-0.2, 0) is 0 Å². The Morgan fingerprint density at radius 1 is 1.19 bits per heavy atom. The third-order valence-electron chi connectivity index (χ3n) is 3.75. The van der Waals surface area contributed by atoms with Crippen LogP contribution in [0.3, 0.4) is 0 Å². The molecule has 1 fully saturated rings. The molecule has 1 aliphatic rings. The minimum absolute atomic E-state index is 0.648. The van der Waals surface area contributed by atoms with Gasteiger partial charge in [-0.1, -0.05) is 30.3 Å². The summed E-state index contributed by atoms with van der Waals surface area (Å²) >= 11 is 0. The maximum Gasteiger partial charge on any atom is 0.117 e. The normalized spacial score (nSPS) is 18.8. The fourth-order valence-electron chi connectivity index (χ4n) is 2.71. The van der Waals surface area contributed by atoms with E-state index >= 15 is 0 Å². The monoisotopic (exact) mass is 220 g/mol. The van der Waals surface area contributed by atoms with Gasteiger partial charge in [0.25, 0.3) is 0 Å². The molecular formula is C14H24N2+2. The summed E-state index contributed by atoms with van der Waals surface area (Å²) in [6.07, 6.45) is 4.16. The number of quaternary nitrogens is 2. The molecular weight excluding hydrogens is 196 g/mol. The van der Waals surface area contributed by atoms with Gasteiger partial charge in [0.1, 0.15) is 6.04 Å². The lowest BCUT2D eigenvalue weighted by Crippen LogP contribution is -3.10. The van der Waals surface area contributed by atoms with Gasteiger partial charge in [-0.25, -0.2) is 0 Å². The van der Waals surface area contributed by atoms with Crippen molar-refractivity contribution in [3.05, 3.63) is 35.9 Å². The lowest BCUT2D eigenvalue weighted by Gasteiger charge is -2.16. The van der Waals surface area contributed by atoms with Crippen molar-refractivity contribution in [1.82, 2.24) is 0 Å². The minimum atomic E-state index is 0.648. The molecule has 2 heteroatoms. The van der Waals surface area contributed by atoms with Crippen molar-refractivity contribution in [2.45, 2.75) is 25.3 Å². The number of likely N-dealkylation sites (tertiary alicyclic amines) is 1. The summed E-state index contributed by atoms with van der Waals surface area (Å²) < 4.78 is 0. The Bertz CT molecular complexity index is 291. The maximum atomic E-state index is 2.35. The van der Waals surface area contributed by atoms with Crippen LogP contribution in [-0.4, -0.2) is 26.7 Å². The Labute approximate surface area is 98.7 Å². The van der Waals surface area contributed by atoms with E-state index in [0.29, 0.717) is 6.04 Å². The van der Waals surface area contributed by atoms with Crippen LogP contribution in [0.15, 0.2) is 30.3 Å². The van der Waals surface area contributed by atoms with Gasteiger partial charge in [-0.2, -0.15) is 0 Å². The van der Waals surface area contributed by atoms with Crippen LogP contribution in [0.5, 0.6) is 0 Å². The zero-order valence-corrected chi connectivity index (χ0v) is 10.3. The minimum Gasteiger partial charge on any atom is -0.342 e. The summed E-state index contributed by atoms with van der Waals surface area (Å²) in [4.78, 5) is 1.81. The summed E-state index contributed by atoms with van der Waals surface area (Å²) in [5, 5.41) is 2.35. The van der Waals surface area contributed by atoms with E-state index in [2.05, 4.69) is 42.7 Å². The van der Waals surface area contributed by atoms with Crippen LogP contribution in [0.25, 0.3) is 0 Å². The Morgan fingerprint density at radius 3 is 2.50 bits per heavy atom. The second-order valence-electron chi connectivity index (χ2n) is 4.85. The van der Waals surface area contributed by atoms with Crippen LogP contribution in [0, 0.1) is 0 Å². The number of hydrogen-bond acceptors (Lipinski definition) is 0. The van der Waals surface area contributed by atoms with Crippen LogP contribution < -0.4 is 10.2 Å². The molecule has 2 nitrogen and oxygen atoms in total. The van der Waals surface area contributed by atoms with Crippen LogP contribution >= 0.6 is 0 Å². The second kappa shape index (κ2) is 6.02. The fourth-order valence-corrected chi connectivity index (χ4v) is 2.71. The summed E-state index contributed by atoms with van der Waals surface area (Å²) in [5.41, 5.74) is 1.48. The van der Waals surface area contributed by atoms with Crippen LogP contribution in [0.4, 0.5) is 0 Å². The van der Waals surface area contributed by atoms with Crippen LogP contribution in [0.1, 0.15) is 30.9 Å². The van der Waals surface area contributed by atoms with E-state index < -0.39 is 0 Å². The molecule has 0 bridgehead atoms. The van der Waals surface area contributed by atoms with Crippen molar-refractivity contribution in [2.24, 2.45) is 0 Å². The highest BCUT2D eigenvalue weighted by Crippen LogP contribution is 2.10. The third kappa shape index (κ3) is 3.06. The van der Waals surface area contributed by atoms with Crippen molar-refractivity contribution in [1.29, 1.82) is 0 Å². The quantitative estimate of drug-likeness (QED) is 0.696. The second-order valence-corrected chi connectivity index (χ2v) is 4.85. The molecule has 1 aromatic carbocycles. The third-order valence-corrected chi connectivity index (χ3v) is 3.75. The van der Waals surface area contributed by atoms with E-state index in [1.807, 2.05) is 4.90 Å². The van der Waals surface area contributed by atoms with E-state index in [1.165, 1.54) is 44.5 Å². The SMILES string of the molecule is C[NH2+][C@H](CC[NH+]1CCCC1)c1ccccc1. The summed E-state index contributed by atoms with van der Waals surface area (Å²) in [5.74, 6) is 0. The van der Waals surface area contributed by atoms with Gasteiger partial charge in [-0.15, -0.1) is 0 Å². The van der Waals surface area contributed by atoms with Gasteiger partial charge < -0.3 is 10.2 Å². The lowest BCUT2D eigenvalue weighted by molar-refractivity contribution is -0.890. The largest absolute Gasteiger partial charge is 0.342 e. The topological polar surface area (TPSA) is 21.1 Å². The van der Waals surface area contributed by atoms with Crippen LogP contribution in [0.2, 0.25) is 0 Å². The maximum absolute atomic E-state index is 2.35. The van der Waals surface area contributed by atoms with Gasteiger partial charge >= 0.3 is 0 Å². The molecule has 0 aliphatic carbocycles. The molecule has 0 radical (unpaired) electrons. The molecule has 0 spiro atoms. The highest BCUT2D eigenvalue weighted by atomic mass is 15.1. The first kappa shape index (κ1) is 11.6. The molecule has 1 saturated heterocycles. The Hall–Kier alpha value is -0.860. The molecule has 88 valence electrons. The van der Waals surface area contributed by atoms with Gasteiger partial charge in [0.2, 0.25) is 0 Å². The molecule has 0 saturated carbocycles. The van der Waals surface area contributed by atoms with E-state index in [4.69, 9.17) is 0 Å². The first-order valence-electron chi connectivity index (χ1n) is 6.58. The van der Waals surface area contributed by atoms with Gasteiger partial charge in [-0.05, 0) is 0 Å². The molecule has 0 aromatic heterocycles. The standard InChI is InChI=1S/C14H22N2/c1-15-14(13-7-3-2-4-8-13)9-12-16-10-5-6-11-16/h2-4,7-8,14-15H,5-6,9-12H2,1H3/p+2/t14-/m1/s1. The molecule has 1 aromatic rings. The first-order valence-corrected chi connectivity index (χ1v) is 6.58. The molecule has 3 N–H and O–H groups in total. The van der Waals surface area contributed by atoms with E-state index in [1.54, 1.807) is 0 Å². The average molecular weight is 220 g/mol. The number of nitrogens with one attached hydrogen (secondary N) is 1. The smallest absolute Gasteiger partial charge is 0.117 e. The van der Waals surface area contributed by atoms with E-state index in [0.717, 1.165) is 0 Å². The Morgan fingerprint density at radius 2 is 1.88 bits per heavy atom. The Balaban J connectivity index is 1.85. The number of rotatable bonds is 5. The molecule has 1 atom stereocenters. The molecule has 0 amide bonds. The van der Waals surface area contributed by atoms with Gasteiger partial charge in [-0.3, -0.25) is 0 Å². The molecule has 0 unspecified atom stereocenters. The predicted octanol–water partition coefficient (Wildman–Crippen LogP) is -0.0103. The lowest BCUT2D eigenvalue weighted by atomic mass is 10.0. The molecule has 1 heterocycles. The zero-order valence-electron chi connectivity index (χ0n) is 10.3. The summed E-state index contributed by atoms with van der Waals surface area (Å²) in [7, 11) is 2.19. The Kier molecular flexibility index (Phi) is 4.37. The number of nitrogens with two attached hydrogens (primary N) is 1.